The summed E-state index contributed by atoms with van der Waals surface area (Å²) in [5.74, 6) is 2.46. The summed E-state index contributed by atoms with van der Waals surface area (Å²) in [6.07, 6.45) is 10.5. The molecular weight excluding hydrogens is 132 g/mol. The average molecular weight is 149 g/mol. The maximum absolute atomic E-state index is 3.83. The molecule has 1 aliphatic carbocycles. The maximum atomic E-state index is 3.83. The lowest BCUT2D eigenvalue weighted by Crippen LogP contribution is -2.10. The Hall–Kier alpha value is -0.520. The third-order valence-electron chi connectivity index (χ3n) is 2.50. The molecule has 0 atom stereocenters. The van der Waals surface area contributed by atoms with Crippen molar-refractivity contribution >= 4 is 0 Å². The Bertz CT molecular complexity index is 127. The zero-order chi connectivity index (χ0) is 8.10. The predicted octanol–water partition coefficient (Wildman–Crippen LogP) is 3.51. The molecular formula is C11H17. The Kier molecular flexibility index (Phi) is 3.41. The van der Waals surface area contributed by atoms with Crippen LogP contribution < -0.4 is 0 Å². The molecule has 0 aromatic rings. The van der Waals surface area contributed by atoms with Crippen LogP contribution in [0.25, 0.3) is 0 Å². The molecule has 0 saturated heterocycles. The van der Waals surface area contributed by atoms with Crippen molar-refractivity contribution in [2.75, 3.05) is 0 Å². The quantitative estimate of drug-likeness (QED) is 0.539. The molecule has 0 amide bonds. The smallest absolute Gasteiger partial charge is 0.0203 e. The lowest BCUT2D eigenvalue weighted by molar-refractivity contribution is 0.438. The van der Waals surface area contributed by atoms with Crippen LogP contribution in [0.5, 0.6) is 0 Å². The standard InChI is InChI=1S/C11H17/c1-3-5-11-8-6-10(4-2)7-9-11/h3-4,10H,1-2,5-9H2. The Morgan fingerprint density at radius 1 is 1.27 bits per heavy atom. The van der Waals surface area contributed by atoms with Crippen LogP contribution in [0.4, 0.5) is 0 Å². The van der Waals surface area contributed by atoms with Crippen LogP contribution in [0, 0.1) is 11.8 Å². The number of hydrogen-bond donors (Lipinski definition) is 0. The van der Waals surface area contributed by atoms with E-state index >= 15 is 0 Å². The molecule has 1 aliphatic rings. The molecule has 1 fully saturated rings. The largest absolute Gasteiger partial charge is 0.103 e. The fraction of sp³-hybridized carbons (Fsp3) is 0.545. The molecule has 0 unspecified atom stereocenters. The van der Waals surface area contributed by atoms with Crippen LogP contribution in [0.1, 0.15) is 32.1 Å². The highest BCUT2D eigenvalue weighted by Gasteiger charge is 2.17. The molecule has 1 saturated carbocycles. The Morgan fingerprint density at radius 2 is 1.91 bits per heavy atom. The van der Waals surface area contributed by atoms with E-state index in [1.165, 1.54) is 25.7 Å². The number of allylic oxidation sites excluding steroid dienone is 2. The van der Waals surface area contributed by atoms with E-state index in [0.717, 1.165) is 12.3 Å². The third-order valence-corrected chi connectivity index (χ3v) is 2.50. The second kappa shape index (κ2) is 4.38. The van der Waals surface area contributed by atoms with Gasteiger partial charge in [0.25, 0.3) is 0 Å². The molecule has 1 radical (unpaired) electrons. The minimum atomic E-state index is 0.781. The van der Waals surface area contributed by atoms with E-state index < -0.39 is 0 Å². The summed E-state index contributed by atoms with van der Waals surface area (Å²) in [6.45, 7) is 7.58. The average Bonchev–Trinajstić information content (AvgIpc) is 2.07. The zero-order valence-electron chi connectivity index (χ0n) is 7.18. The van der Waals surface area contributed by atoms with Gasteiger partial charge in [0.1, 0.15) is 0 Å². The van der Waals surface area contributed by atoms with Crippen LogP contribution in [0.2, 0.25) is 0 Å². The van der Waals surface area contributed by atoms with Gasteiger partial charge in [-0.25, -0.2) is 0 Å². The van der Waals surface area contributed by atoms with Gasteiger partial charge in [-0.1, -0.05) is 12.2 Å². The van der Waals surface area contributed by atoms with Gasteiger partial charge in [-0.2, -0.15) is 0 Å². The molecule has 11 heavy (non-hydrogen) atoms. The highest BCUT2D eigenvalue weighted by Crippen LogP contribution is 2.32. The van der Waals surface area contributed by atoms with Crippen molar-refractivity contribution in [1.82, 2.24) is 0 Å². The molecule has 0 bridgehead atoms. The Balaban J connectivity index is 2.23. The van der Waals surface area contributed by atoms with E-state index in [2.05, 4.69) is 19.2 Å². The van der Waals surface area contributed by atoms with Gasteiger partial charge in [-0.05, 0) is 43.9 Å². The molecule has 0 nitrogen and oxygen atoms in total. The summed E-state index contributed by atoms with van der Waals surface area (Å²) in [5.41, 5.74) is 0. The molecule has 0 spiro atoms. The minimum absolute atomic E-state index is 0.781. The first-order valence-corrected chi connectivity index (χ1v) is 4.44. The van der Waals surface area contributed by atoms with E-state index in [0.29, 0.717) is 0 Å². The molecule has 1 rings (SSSR count). The highest BCUT2D eigenvalue weighted by molar-refractivity contribution is 5.01. The van der Waals surface area contributed by atoms with E-state index in [4.69, 9.17) is 0 Å². The predicted molar refractivity (Wildman–Crippen MR) is 50.2 cm³/mol. The van der Waals surface area contributed by atoms with Gasteiger partial charge in [0.05, 0.1) is 0 Å². The first kappa shape index (κ1) is 8.58. The van der Waals surface area contributed by atoms with Crippen molar-refractivity contribution in [2.45, 2.75) is 32.1 Å². The molecule has 0 aromatic carbocycles. The van der Waals surface area contributed by atoms with Crippen molar-refractivity contribution in [2.24, 2.45) is 5.92 Å². The molecule has 0 aromatic heterocycles. The van der Waals surface area contributed by atoms with E-state index in [1.54, 1.807) is 5.92 Å². The van der Waals surface area contributed by atoms with Crippen LogP contribution in [-0.2, 0) is 0 Å². The summed E-state index contributed by atoms with van der Waals surface area (Å²) in [7, 11) is 0. The van der Waals surface area contributed by atoms with Gasteiger partial charge in [0, 0.05) is 0 Å². The molecule has 61 valence electrons. The summed E-state index contributed by atoms with van der Waals surface area (Å²) >= 11 is 0. The number of rotatable bonds is 3. The minimum Gasteiger partial charge on any atom is -0.103 e. The summed E-state index contributed by atoms with van der Waals surface area (Å²) in [5, 5.41) is 0. The number of hydrogen-bond acceptors (Lipinski definition) is 0. The summed E-state index contributed by atoms with van der Waals surface area (Å²) in [6, 6.07) is 0. The summed E-state index contributed by atoms with van der Waals surface area (Å²) < 4.78 is 0. The van der Waals surface area contributed by atoms with Crippen molar-refractivity contribution < 1.29 is 0 Å². The van der Waals surface area contributed by atoms with Gasteiger partial charge < -0.3 is 0 Å². The third kappa shape index (κ3) is 2.53. The van der Waals surface area contributed by atoms with Crippen molar-refractivity contribution in [1.29, 1.82) is 0 Å². The topological polar surface area (TPSA) is 0 Å². The van der Waals surface area contributed by atoms with Crippen molar-refractivity contribution in [3.63, 3.8) is 0 Å². The molecule has 0 N–H and O–H groups in total. The van der Waals surface area contributed by atoms with E-state index in [9.17, 15) is 0 Å². The molecule has 0 heterocycles. The first-order chi connectivity index (χ1) is 5.36. The molecule has 0 heteroatoms. The molecule has 0 aliphatic heterocycles. The fourth-order valence-corrected chi connectivity index (χ4v) is 1.69. The second-order valence-electron chi connectivity index (χ2n) is 3.32. The SMILES string of the molecule is C=CC[C]1CCC(C=C)CC1. The van der Waals surface area contributed by atoms with Crippen LogP contribution in [0.15, 0.2) is 25.3 Å². The van der Waals surface area contributed by atoms with Crippen molar-refractivity contribution in [3.05, 3.63) is 31.2 Å². The van der Waals surface area contributed by atoms with Gasteiger partial charge >= 0.3 is 0 Å². The lowest BCUT2D eigenvalue weighted by Gasteiger charge is -2.24. The van der Waals surface area contributed by atoms with Crippen LogP contribution in [-0.4, -0.2) is 0 Å². The first-order valence-electron chi connectivity index (χ1n) is 4.44. The van der Waals surface area contributed by atoms with Crippen LogP contribution in [0.3, 0.4) is 0 Å². The second-order valence-corrected chi connectivity index (χ2v) is 3.32. The van der Waals surface area contributed by atoms with E-state index in [-0.39, 0.29) is 0 Å². The monoisotopic (exact) mass is 149 g/mol. The maximum Gasteiger partial charge on any atom is -0.0203 e. The van der Waals surface area contributed by atoms with E-state index in [1.807, 2.05) is 6.08 Å². The van der Waals surface area contributed by atoms with Crippen molar-refractivity contribution in [3.8, 4) is 0 Å². The van der Waals surface area contributed by atoms with Gasteiger partial charge in [-0.15, -0.1) is 13.2 Å². The van der Waals surface area contributed by atoms with Gasteiger partial charge in [0.15, 0.2) is 0 Å². The lowest BCUT2D eigenvalue weighted by atomic mass is 9.81. The summed E-state index contributed by atoms with van der Waals surface area (Å²) in [4.78, 5) is 0. The fourth-order valence-electron chi connectivity index (χ4n) is 1.69. The normalized spacial score (nSPS) is 21.5. The highest BCUT2D eigenvalue weighted by atomic mass is 14.2. The Morgan fingerprint density at radius 3 is 2.36 bits per heavy atom. The Labute approximate surface area is 70.0 Å². The van der Waals surface area contributed by atoms with Gasteiger partial charge in [0.2, 0.25) is 0 Å². The zero-order valence-corrected chi connectivity index (χ0v) is 7.18. The van der Waals surface area contributed by atoms with Gasteiger partial charge in [-0.3, -0.25) is 0 Å². The van der Waals surface area contributed by atoms with Crippen LogP contribution >= 0.6 is 0 Å².